The highest BCUT2D eigenvalue weighted by atomic mass is 32.2. The highest BCUT2D eigenvalue weighted by Gasteiger charge is 2.23. The van der Waals surface area contributed by atoms with E-state index in [1.807, 2.05) is 23.9 Å². The zero-order valence-corrected chi connectivity index (χ0v) is 9.63. The minimum Gasteiger partial charge on any atom is -0.382 e. The van der Waals surface area contributed by atoms with Crippen molar-refractivity contribution in [3.63, 3.8) is 0 Å². The number of H-pyrrole nitrogens is 1. The lowest BCUT2D eigenvalue weighted by Gasteiger charge is -2.05. The molecule has 0 amide bonds. The predicted octanol–water partition coefficient (Wildman–Crippen LogP) is 2.91. The van der Waals surface area contributed by atoms with Crippen LogP contribution in [0.25, 0.3) is 11.3 Å². The largest absolute Gasteiger partial charge is 0.382 e. The number of hydrogen-bond donors (Lipinski definition) is 2. The number of nitrogens with zero attached hydrogens (tertiary/aromatic N) is 1. The van der Waals surface area contributed by atoms with Gasteiger partial charge in [-0.1, -0.05) is 18.2 Å². The summed E-state index contributed by atoms with van der Waals surface area (Å²) in [5, 5.41) is 7.75. The van der Waals surface area contributed by atoms with E-state index in [9.17, 15) is 0 Å². The molecule has 3 rings (SSSR count). The van der Waals surface area contributed by atoms with Gasteiger partial charge in [0.05, 0.1) is 5.69 Å². The first kappa shape index (κ1) is 9.78. The minimum atomic E-state index is 0.543. The lowest BCUT2D eigenvalue weighted by Crippen LogP contribution is -1.83. The number of benzene rings is 1. The molecular weight excluding hydrogens is 218 g/mol. The number of anilines is 1. The van der Waals surface area contributed by atoms with Crippen LogP contribution in [0, 0.1) is 0 Å². The molecule has 0 atom stereocenters. The number of aromatic amines is 1. The molecule has 0 radical (unpaired) electrons. The van der Waals surface area contributed by atoms with E-state index in [0.717, 1.165) is 10.9 Å². The van der Waals surface area contributed by atoms with E-state index in [2.05, 4.69) is 28.4 Å². The van der Waals surface area contributed by atoms with Crippen LogP contribution in [-0.2, 0) is 0 Å². The molecule has 0 saturated heterocycles. The van der Waals surface area contributed by atoms with Crippen molar-refractivity contribution in [1.82, 2.24) is 10.2 Å². The van der Waals surface area contributed by atoms with Crippen molar-refractivity contribution in [3.8, 4) is 11.3 Å². The Kier molecular flexibility index (Phi) is 2.36. The Balaban J connectivity index is 1.98. The summed E-state index contributed by atoms with van der Waals surface area (Å²) >= 11 is 1.95. The third-order valence-electron chi connectivity index (χ3n) is 2.59. The van der Waals surface area contributed by atoms with Crippen LogP contribution in [0.3, 0.4) is 0 Å². The second-order valence-electron chi connectivity index (χ2n) is 4.02. The summed E-state index contributed by atoms with van der Waals surface area (Å²) in [6, 6.07) is 10.3. The van der Waals surface area contributed by atoms with E-state index in [1.165, 1.54) is 23.3 Å². The number of nitrogens with two attached hydrogens (primary N) is 1. The van der Waals surface area contributed by atoms with Gasteiger partial charge in [-0.2, -0.15) is 5.10 Å². The van der Waals surface area contributed by atoms with Crippen molar-refractivity contribution in [3.05, 3.63) is 30.3 Å². The molecule has 3 N–H and O–H groups in total. The summed E-state index contributed by atoms with van der Waals surface area (Å²) in [6.45, 7) is 0. The number of thioether (sulfide) groups is 1. The molecule has 1 heterocycles. The molecule has 3 nitrogen and oxygen atoms in total. The Morgan fingerprint density at radius 1 is 1.31 bits per heavy atom. The molecule has 1 aromatic heterocycles. The zero-order chi connectivity index (χ0) is 11.0. The molecule has 1 aromatic carbocycles. The number of nitrogen functional groups attached to an aromatic ring is 1. The number of rotatable bonds is 3. The Labute approximate surface area is 98.4 Å². The average molecular weight is 231 g/mol. The summed E-state index contributed by atoms with van der Waals surface area (Å²) < 4.78 is 0. The van der Waals surface area contributed by atoms with E-state index in [0.29, 0.717) is 5.82 Å². The van der Waals surface area contributed by atoms with Crippen LogP contribution in [0.4, 0.5) is 5.82 Å². The van der Waals surface area contributed by atoms with E-state index < -0.39 is 0 Å². The number of nitrogens with one attached hydrogen (secondary N) is 1. The zero-order valence-electron chi connectivity index (χ0n) is 8.81. The van der Waals surface area contributed by atoms with Gasteiger partial charge < -0.3 is 5.73 Å². The molecule has 0 unspecified atom stereocenters. The maximum atomic E-state index is 5.63. The van der Waals surface area contributed by atoms with Gasteiger partial charge in [0, 0.05) is 21.8 Å². The Morgan fingerprint density at radius 3 is 2.81 bits per heavy atom. The van der Waals surface area contributed by atoms with E-state index in [4.69, 9.17) is 5.73 Å². The maximum Gasteiger partial charge on any atom is 0.145 e. The molecule has 1 fully saturated rings. The van der Waals surface area contributed by atoms with Crippen molar-refractivity contribution in [2.75, 3.05) is 5.73 Å². The van der Waals surface area contributed by atoms with Crippen molar-refractivity contribution in [2.24, 2.45) is 0 Å². The summed E-state index contributed by atoms with van der Waals surface area (Å²) in [5.74, 6) is 0.543. The Morgan fingerprint density at radius 2 is 2.12 bits per heavy atom. The molecule has 16 heavy (non-hydrogen) atoms. The van der Waals surface area contributed by atoms with Gasteiger partial charge >= 0.3 is 0 Å². The molecule has 0 bridgehead atoms. The van der Waals surface area contributed by atoms with E-state index >= 15 is 0 Å². The van der Waals surface area contributed by atoms with Crippen LogP contribution in [0.1, 0.15) is 12.8 Å². The average Bonchev–Trinajstić information content (AvgIpc) is 3.00. The molecule has 0 spiro atoms. The molecule has 2 aromatic rings. The monoisotopic (exact) mass is 231 g/mol. The quantitative estimate of drug-likeness (QED) is 0.854. The molecular formula is C12H13N3S. The van der Waals surface area contributed by atoms with Crippen LogP contribution >= 0.6 is 11.8 Å². The van der Waals surface area contributed by atoms with Gasteiger partial charge in [0.2, 0.25) is 0 Å². The fraction of sp³-hybridized carbons (Fsp3) is 0.250. The van der Waals surface area contributed by atoms with Crippen LogP contribution in [0.15, 0.2) is 35.2 Å². The normalized spacial score (nSPS) is 15.2. The van der Waals surface area contributed by atoms with Crippen molar-refractivity contribution < 1.29 is 0 Å². The number of aromatic nitrogens is 2. The smallest absolute Gasteiger partial charge is 0.145 e. The molecule has 4 heteroatoms. The van der Waals surface area contributed by atoms with E-state index in [1.54, 1.807) is 0 Å². The molecule has 1 aliphatic rings. The first-order valence-corrected chi connectivity index (χ1v) is 6.28. The minimum absolute atomic E-state index is 0.543. The van der Waals surface area contributed by atoms with Gasteiger partial charge in [0.15, 0.2) is 0 Å². The predicted molar refractivity (Wildman–Crippen MR) is 67.3 cm³/mol. The number of hydrogen-bond acceptors (Lipinski definition) is 3. The lowest BCUT2D eigenvalue weighted by atomic mass is 10.1. The Hall–Kier alpha value is -1.42. The summed E-state index contributed by atoms with van der Waals surface area (Å²) in [6.07, 6.45) is 2.67. The van der Waals surface area contributed by atoms with E-state index in [-0.39, 0.29) is 0 Å². The fourth-order valence-electron chi connectivity index (χ4n) is 1.63. The summed E-state index contributed by atoms with van der Waals surface area (Å²) in [5.41, 5.74) is 7.83. The fourth-order valence-corrected chi connectivity index (χ4v) is 2.83. The van der Waals surface area contributed by atoms with Crippen LogP contribution in [0.5, 0.6) is 0 Å². The van der Waals surface area contributed by atoms with Gasteiger partial charge in [0.1, 0.15) is 5.82 Å². The maximum absolute atomic E-state index is 5.63. The highest BCUT2D eigenvalue weighted by molar-refractivity contribution is 8.00. The summed E-state index contributed by atoms with van der Waals surface area (Å²) in [4.78, 5) is 1.31. The SMILES string of the molecule is Nc1cc(-c2ccccc2SC2CC2)[nH]n1. The third-order valence-corrected chi connectivity index (χ3v) is 4.01. The first-order chi connectivity index (χ1) is 7.83. The summed E-state index contributed by atoms with van der Waals surface area (Å²) in [7, 11) is 0. The van der Waals surface area contributed by atoms with Gasteiger partial charge in [-0.3, -0.25) is 5.10 Å². The lowest BCUT2D eigenvalue weighted by molar-refractivity contribution is 1.10. The second-order valence-corrected chi connectivity index (χ2v) is 5.36. The van der Waals surface area contributed by atoms with Crippen LogP contribution < -0.4 is 5.73 Å². The standard InChI is InChI=1S/C12H13N3S/c13-12-7-10(14-15-12)9-3-1-2-4-11(9)16-8-5-6-8/h1-4,7-8H,5-6H2,(H3,13,14,15). The first-order valence-electron chi connectivity index (χ1n) is 5.40. The molecule has 0 aliphatic heterocycles. The molecule has 82 valence electrons. The van der Waals surface area contributed by atoms with Crippen molar-refractivity contribution in [2.45, 2.75) is 23.0 Å². The topological polar surface area (TPSA) is 54.7 Å². The second kappa shape index (κ2) is 3.87. The van der Waals surface area contributed by atoms with Crippen LogP contribution in [-0.4, -0.2) is 15.4 Å². The molecule has 1 aliphatic carbocycles. The highest BCUT2D eigenvalue weighted by Crippen LogP contribution is 2.42. The van der Waals surface area contributed by atoms with Gasteiger partial charge in [-0.25, -0.2) is 0 Å². The molecule has 1 saturated carbocycles. The van der Waals surface area contributed by atoms with Crippen LogP contribution in [0.2, 0.25) is 0 Å². The Bertz CT molecular complexity index is 502. The van der Waals surface area contributed by atoms with Gasteiger partial charge in [0.25, 0.3) is 0 Å². The third kappa shape index (κ3) is 1.93. The van der Waals surface area contributed by atoms with Gasteiger partial charge in [-0.05, 0) is 18.9 Å². The van der Waals surface area contributed by atoms with Crippen molar-refractivity contribution >= 4 is 17.6 Å². The van der Waals surface area contributed by atoms with Gasteiger partial charge in [-0.15, -0.1) is 11.8 Å². The van der Waals surface area contributed by atoms with Crippen molar-refractivity contribution in [1.29, 1.82) is 0 Å².